The van der Waals surface area contributed by atoms with Crippen LogP contribution in [-0.2, 0) is 5.92 Å². The minimum Gasteiger partial charge on any atom is -0.202 e. The van der Waals surface area contributed by atoms with Crippen molar-refractivity contribution in [2.75, 3.05) is 0 Å². The van der Waals surface area contributed by atoms with Crippen molar-refractivity contribution in [2.45, 2.75) is 19.8 Å². The minimum atomic E-state index is -2.87. The Kier molecular flexibility index (Phi) is 2.38. The van der Waals surface area contributed by atoms with Crippen LogP contribution in [-0.4, -0.2) is 0 Å². The van der Waals surface area contributed by atoms with Gasteiger partial charge in [0, 0.05) is 18.1 Å². The van der Waals surface area contributed by atoms with Gasteiger partial charge in [-0.05, 0) is 19.1 Å². The summed E-state index contributed by atoms with van der Waals surface area (Å²) in [4.78, 5) is 0. The van der Waals surface area contributed by atoms with E-state index in [-0.39, 0.29) is 11.1 Å². The summed E-state index contributed by atoms with van der Waals surface area (Å²) in [5, 5.41) is 0. The average molecular weight is 180 g/mol. The molecule has 68 valence electrons. The number of halogens is 2. The Morgan fingerprint density at radius 2 is 2.00 bits per heavy atom. The number of hydrogen-bond acceptors (Lipinski definition) is 0. The number of benzene rings is 1. The molecule has 0 saturated heterocycles. The molecule has 1 aromatic rings. The fourth-order valence-electron chi connectivity index (χ4n) is 1.15. The van der Waals surface area contributed by atoms with Gasteiger partial charge < -0.3 is 0 Å². The van der Waals surface area contributed by atoms with E-state index in [2.05, 4.69) is 5.92 Å². The van der Waals surface area contributed by atoms with Crippen LogP contribution in [0.5, 0.6) is 0 Å². The molecule has 2 heteroatoms. The highest BCUT2D eigenvalue weighted by molar-refractivity contribution is 5.44. The first-order valence-electron chi connectivity index (χ1n) is 3.90. The standard InChI is InChI=1S/C11H10F2/c1-4-9-6-5-8(2)7-10(9)11(3,12)13/h1,5-7H,2-3H3. The van der Waals surface area contributed by atoms with Gasteiger partial charge in [-0.2, -0.15) is 0 Å². The maximum absolute atomic E-state index is 13.0. The molecular formula is C11H10F2. The number of terminal acetylenes is 1. The third-order valence-corrected chi connectivity index (χ3v) is 1.80. The number of alkyl halides is 2. The third-order valence-electron chi connectivity index (χ3n) is 1.80. The van der Waals surface area contributed by atoms with Crippen molar-refractivity contribution in [1.82, 2.24) is 0 Å². The average Bonchev–Trinajstić information content (AvgIpc) is 2.03. The van der Waals surface area contributed by atoms with E-state index in [1.807, 2.05) is 0 Å². The molecule has 0 unspecified atom stereocenters. The summed E-state index contributed by atoms with van der Waals surface area (Å²) in [7, 11) is 0. The van der Waals surface area contributed by atoms with Gasteiger partial charge in [-0.3, -0.25) is 0 Å². The van der Waals surface area contributed by atoms with Gasteiger partial charge in [-0.15, -0.1) is 6.42 Å². The zero-order valence-electron chi connectivity index (χ0n) is 7.57. The Labute approximate surface area is 76.6 Å². The van der Waals surface area contributed by atoms with Gasteiger partial charge in [-0.1, -0.05) is 17.6 Å². The monoisotopic (exact) mass is 180 g/mol. The van der Waals surface area contributed by atoms with Crippen LogP contribution in [0.3, 0.4) is 0 Å². The van der Waals surface area contributed by atoms with Crippen molar-refractivity contribution < 1.29 is 8.78 Å². The van der Waals surface area contributed by atoms with Crippen molar-refractivity contribution in [1.29, 1.82) is 0 Å². The van der Waals surface area contributed by atoms with E-state index in [9.17, 15) is 8.78 Å². The van der Waals surface area contributed by atoms with Crippen LogP contribution in [0.25, 0.3) is 0 Å². The van der Waals surface area contributed by atoms with Crippen LogP contribution in [0.4, 0.5) is 8.78 Å². The second-order valence-electron chi connectivity index (χ2n) is 3.08. The van der Waals surface area contributed by atoms with E-state index in [1.165, 1.54) is 6.07 Å². The number of rotatable bonds is 1. The smallest absolute Gasteiger partial charge is 0.202 e. The Hall–Kier alpha value is -1.36. The van der Waals surface area contributed by atoms with E-state index in [4.69, 9.17) is 6.42 Å². The van der Waals surface area contributed by atoms with Crippen molar-refractivity contribution >= 4 is 0 Å². The van der Waals surface area contributed by atoms with Crippen LogP contribution in [0.1, 0.15) is 23.6 Å². The molecule has 0 radical (unpaired) electrons. The lowest BCUT2D eigenvalue weighted by molar-refractivity contribution is 0.0171. The maximum atomic E-state index is 13.0. The molecule has 0 N–H and O–H groups in total. The summed E-state index contributed by atoms with van der Waals surface area (Å²) in [6, 6.07) is 4.70. The SMILES string of the molecule is C#Cc1ccc(C)cc1C(C)(F)F. The van der Waals surface area contributed by atoms with E-state index in [1.54, 1.807) is 19.1 Å². The van der Waals surface area contributed by atoms with Crippen molar-refractivity contribution in [3.8, 4) is 12.3 Å². The summed E-state index contributed by atoms with van der Waals surface area (Å²) < 4.78 is 26.0. The number of aryl methyl sites for hydroxylation is 1. The van der Waals surface area contributed by atoms with Gasteiger partial charge in [0.1, 0.15) is 0 Å². The van der Waals surface area contributed by atoms with Gasteiger partial charge in [0.25, 0.3) is 5.92 Å². The fourth-order valence-corrected chi connectivity index (χ4v) is 1.15. The molecule has 0 fully saturated rings. The van der Waals surface area contributed by atoms with Gasteiger partial charge in [0.15, 0.2) is 0 Å². The summed E-state index contributed by atoms with van der Waals surface area (Å²) >= 11 is 0. The Morgan fingerprint density at radius 3 is 2.46 bits per heavy atom. The molecular weight excluding hydrogens is 170 g/mol. The molecule has 0 bridgehead atoms. The molecule has 0 aliphatic rings. The molecule has 1 rings (SSSR count). The van der Waals surface area contributed by atoms with Gasteiger partial charge >= 0.3 is 0 Å². The molecule has 0 nitrogen and oxygen atoms in total. The van der Waals surface area contributed by atoms with Crippen molar-refractivity contribution in [2.24, 2.45) is 0 Å². The summed E-state index contributed by atoms with van der Waals surface area (Å²) in [5.74, 6) is -0.618. The molecule has 13 heavy (non-hydrogen) atoms. The third kappa shape index (κ3) is 2.06. The van der Waals surface area contributed by atoms with Crippen molar-refractivity contribution in [3.05, 3.63) is 34.9 Å². The molecule has 0 saturated carbocycles. The Balaban J connectivity index is 3.35. The highest BCUT2D eigenvalue weighted by Crippen LogP contribution is 2.30. The normalized spacial score (nSPS) is 11.0. The van der Waals surface area contributed by atoms with E-state index in [0.29, 0.717) is 0 Å². The number of hydrogen-bond donors (Lipinski definition) is 0. The molecule has 0 heterocycles. The lowest BCUT2D eigenvalue weighted by atomic mass is 10.0. The summed E-state index contributed by atoms with van der Waals surface area (Å²) in [5.41, 5.74) is 0.976. The van der Waals surface area contributed by atoms with Crippen molar-refractivity contribution in [3.63, 3.8) is 0 Å². The summed E-state index contributed by atoms with van der Waals surface area (Å²) in [6.07, 6.45) is 5.11. The topological polar surface area (TPSA) is 0 Å². The minimum absolute atomic E-state index is 0.0741. The molecule has 0 aliphatic heterocycles. The van der Waals surface area contributed by atoms with Gasteiger partial charge in [0.05, 0.1) is 0 Å². The van der Waals surface area contributed by atoms with Gasteiger partial charge in [0.2, 0.25) is 0 Å². The first-order chi connectivity index (χ1) is 5.95. The van der Waals surface area contributed by atoms with Crippen LogP contribution >= 0.6 is 0 Å². The fraction of sp³-hybridized carbons (Fsp3) is 0.273. The second-order valence-corrected chi connectivity index (χ2v) is 3.08. The zero-order chi connectivity index (χ0) is 10.1. The first-order valence-corrected chi connectivity index (χ1v) is 3.90. The first kappa shape index (κ1) is 9.73. The second kappa shape index (κ2) is 3.18. The largest absolute Gasteiger partial charge is 0.271 e. The molecule has 1 aromatic carbocycles. The van der Waals surface area contributed by atoms with Crippen LogP contribution < -0.4 is 0 Å². The van der Waals surface area contributed by atoms with Crippen LogP contribution in [0.15, 0.2) is 18.2 Å². The van der Waals surface area contributed by atoms with E-state index in [0.717, 1.165) is 12.5 Å². The molecule has 0 atom stereocenters. The lowest BCUT2D eigenvalue weighted by Crippen LogP contribution is -2.09. The highest BCUT2D eigenvalue weighted by atomic mass is 19.3. The highest BCUT2D eigenvalue weighted by Gasteiger charge is 2.26. The van der Waals surface area contributed by atoms with E-state index < -0.39 is 5.92 Å². The Morgan fingerprint density at radius 1 is 1.38 bits per heavy atom. The van der Waals surface area contributed by atoms with Crippen LogP contribution in [0, 0.1) is 19.3 Å². The molecule has 0 aromatic heterocycles. The quantitative estimate of drug-likeness (QED) is 0.582. The predicted molar refractivity (Wildman–Crippen MR) is 48.7 cm³/mol. The Bertz CT molecular complexity index is 353. The summed E-state index contributed by atoms with van der Waals surface area (Å²) in [6.45, 7) is 2.61. The molecule has 0 spiro atoms. The lowest BCUT2D eigenvalue weighted by Gasteiger charge is -2.13. The van der Waals surface area contributed by atoms with E-state index >= 15 is 0 Å². The molecule has 0 amide bonds. The van der Waals surface area contributed by atoms with Crippen LogP contribution in [0.2, 0.25) is 0 Å². The maximum Gasteiger partial charge on any atom is 0.271 e. The molecule has 0 aliphatic carbocycles. The zero-order valence-corrected chi connectivity index (χ0v) is 7.57. The predicted octanol–water partition coefficient (Wildman–Crippen LogP) is 3.09. The van der Waals surface area contributed by atoms with Gasteiger partial charge in [-0.25, -0.2) is 8.78 Å².